The molecule has 0 N–H and O–H groups in total. The number of allylic oxidation sites excluding steroid dienone is 1. The van der Waals surface area contributed by atoms with Crippen molar-refractivity contribution < 1.29 is 18.2 Å². The molecule has 2 saturated carbocycles. The summed E-state index contributed by atoms with van der Waals surface area (Å²) in [7, 11) is -0.878. The zero-order chi connectivity index (χ0) is 17.8. The lowest BCUT2D eigenvalue weighted by Gasteiger charge is -2.32. The van der Waals surface area contributed by atoms with E-state index in [9.17, 15) is 4.39 Å². The van der Waals surface area contributed by atoms with Crippen LogP contribution in [-0.4, -0.2) is 28.5 Å². The topological polar surface area (TPSA) is 57.4 Å². The van der Waals surface area contributed by atoms with Crippen LogP contribution < -0.4 is 0 Å². The van der Waals surface area contributed by atoms with E-state index in [-0.39, 0.29) is 5.73 Å². The zero-order valence-electron chi connectivity index (χ0n) is 15.5. The zero-order valence-corrected chi connectivity index (χ0v) is 15.5. The van der Waals surface area contributed by atoms with Crippen molar-refractivity contribution in [2.75, 3.05) is 0 Å². The fourth-order valence-corrected chi connectivity index (χ4v) is 3.52. The fourth-order valence-electron chi connectivity index (χ4n) is 3.52. The number of rotatable bonds is 4. The van der Waals surface area contributed by atoms with Gasteiger partial charge < -0.3 is 13.8 Å². The Kier molecular flexibility index (Phi) is 4.07. The first kappa shape index (κ1) is 17.2. The Hall–Kier alpha value is -1.21. The minimum absolute atomic E-state index is 0.252. The summed E-state index contributed by atoms with van der Waals surface area (Å²) in [6.45, 7) is 7.74. The monoisotopic (exact) mass is 348 g/mol. The van der Waals surface area contributed by atoms with Crippen molar-refractivity contribution in [3.05, 3.63) is 23.0 Å². The predicted octanol–water partition coefficient (Wildman–Crippen LogP) is 4.14. The van der Waals surface area contributed by atoms with E-state index in [1.54, 1.807) is 0 Å². The second-order valence-electron chi connectivity index (χ2n) is 8.69. The van der Waals surface area contributed by atoms with E-state index in [1.807, 2.05) is 27.7 Å². The Bertz CT molecular complexity index is 672. The fraction of sp³-hybridized carbons (Fsp3) is 0.778. The van der Waals surface area contributed by atoms with Crippen molar-refractivity contribution in [2.24, 2.45) is 5.92 Å². The number of hydrogen-bond donors (Lipinski definition) is 0. The van der Waals surface area contributed by atoms with E-state index in [2.05, 4.69) is 10.1 Å². The van der Waals surface area contributed by atoms with Gasteiger partial charge in [0, 0.05) is 12.3 Å². The third-order valence-electron chi connectivity index (χ3n) is 6.28. The van der Waals surface area contributed by atoms with Crippen LogP contribution in [0.25, 0.3) is 0 Å². The van der Waals surface area contributed by atoms with Crippen LogP contribution in [0.4, 0.5) is 4.39 Å². The summed E-state index contributed by atoms with van der Waals surface area (Å²) >= 11 is 0. The van der Waals surface area contributed by atoms with Crippen LogP contribution in [0, 0.1) is 5.92 Å². The number of nitrogens with zero attached hydrogens (tertiary/aromatic N) is 2. The standard InChI is InChI=1S/C18H26BFN2O3/c1-17(2)18(3,4)25-19(24-17)15(20)13-8-11(9-13)10-14-21-16(23-22-14)12-6-5-7-12/h11-12H,5-10H2,1-4H3. The Morgan fingerprint density at radius 3 is 2.36 bits per heavy atom. The van der Waals surface area contributed by atoms with Crippen molar-refractivity contribution in [1.29, 1.82) is 0 Å². The lowest BCUT2D eigenvalue weighted by Crippen LogP contribution is -2.41. The maximum Gasteiger partial charge on any atom is 0.525 e. The molecule has 7 heteroatoms. The molecule has 25 heavy (non-hydrogen) atoms. The van der Waals surface area contributed by atoms with Gasteiger partial charge in [0.2, 0.25) is 5.89 Å². The molecule has 1 saturated heterocycles. The molecule has 0 unspecified atom stereocenters. The minimum Gasteiger partial charge on any atom is -0.398 e. The molecule has 2 aliphatic carbocycles. The maximum absolute atomic E-state index is 14.7. The first-order valence-corrected chi connectivity index (χ1v) is 9.31. The third kappa shape index (κ3) is 3.06. The maximum atomic E-state index is 14.7. The molecule has 0 bridgehead atoms. The molecule has 4 rings (SSSR count). The van der Waals surface area contributed by atoms with Crippen LogP contribution in [0.2, 0.25) is 0 Å². The summed E-state index contributed by atoms with van der Waals surface area (Å²) in [5, 5.41) is 4.08. The molecule has 1 aliphatic heterocycles. The molecule has 0 spiro atoms. The number of aromatic nitrogens is 2. The second-order valence-corrected chi connectivity index (χ2v) is 8.69. The van der Waals surface area contributed by atoms with Crippen molar-refractivity contribution in [2.45, 2.75) is 83.3 Å². The molecular formula is C18H26BFN2O3. The Labute approximate surface area is 148 Å². The summed E-state index contributed by atoms with van der Waals surface area (Å²) in [5.74, 6) is 2.36. The Balaban J connectivity index is 1.33. The molecule has 5 nitrogen and oxygen atoms in total. The Morgan fingerprint density at radius 2 is 1.80 bits per heavy atom. The molecule has 136 valence electrons. The summed E-state index contributed by atoms with van der Waals surface area (Å²) in [6.07, 6.45) is 5.72. The van der Waals surface area contributed by atoms with Gasteiger partial charge in [-0.1, -0.05) is 11.6 Å². The quantitative estimate of drug-likeness (QED) is 0.766. The van der Waals surface area contributed by atoms with Gasteiger partial charge in [-0.15, -0.1) is 0 Å². The molecule has 1 aromatic rings. The summed E-state index contributed by atoms with van der Waals surface area (Å²) in [4.78, 5) is 4.50. The summed E-state index contributed by atoms with van der Waals surface area (Å²) in [6, 6.07) is 0. The van der Waals surface area contributed by atoms with Gasteiger partial charge in [0.05, 0.1) is 11.2 Å². The average Bonchev–Trinajstić information content (AvgIpc) is 2.94. The van der Waals surface area contributed by atoms with Gasteiger partial charge in [-0.25, -0.2) is 4.39 Å². The first-order chi connectivity index (χ1) is 11.7. The SMILES string of the molecule is CC1(C)OB(C(F)=C2CC(Cc3noc(C4CCC4)n3)C2)OC1(C)C. The third-order valence-corrected chi connectivity index (χ3v) is 6.28. The van der Waals surface area contributed by atoms with E-state index < -0.39 is 18.3 Å². The Morgan fingerprint density at radius 1 is 1.16 bits per heavy atom. The van der Waals surface area contributed by atoms with Crippen LogP contribution >= 0.6 is 0 Å². The smallest absolute Gasteiger partial charge is 0.398 e. The highest BCUT2D eigenvalue weighted by molar-refractivity contribution is 6.53. The van der Waals surface area contributed by atoms with Crippen molar-refractivity contribution in [3.8, 4) is 0 Å². The molecule has 1 aromatic heterocycles. The van der Waals surface area contributed by atoms with Crippen molar-refractivity contribution >= 4 is 7.12 Å². The number of halogens is 1. The van der Waals surface area contributed by atoms with Crippen LogP contribution in [0.5, 0.6) is 0 Å². The highest BCUT2D eigenvalue weighted by Crippen LogP contribution is 2.44. The van der Waals surface area contributed by atoms with Crippen molar-refractivity contribution in [3.63, 3.8) is 0 Å². The van der Waals surface area contributed by atoms with Gasteiger partial charge in [0.15, 0.2) is 5.82 Å². The lowest BCUT2D eigenvalue weighted by molar-refractivity contribution is 0.00578. The van der Waals surface area contributed by atoms with Gasteiger partial charge >= 0.3 is 7.12 Å². The van der Waals surface area contributed by atoms with E-state index in [1.165, 1.54) is 6.42 Å². The normalized spacial score (nSPS) is 28.0. The van der Waals surface area contributed by atoms with Gasteiger partial charge in [-0.05, 0) is 64.9 Å². The van der Waals surface area contributed by atoms with Crippen LogP contribution in [0.3, 0.4) is 0 Å². The van der Waals surface area contributed by atoms with Crippen LogP contribution in [0.1, 0.15) is 77.4 Å². The molecule has 3 fully saturated rings. The minimum atomic E-state index is -0.878. The van der Waals surface area contributed by atoms with Gasteiger partial charge in [0.25, 0.3) is 0 Å². The van der Waals surface area contributed by atoms with E-state index in [0.29, 0.717) is 24.7 Å². The highest BCUT2D eigenvalue weighted by atomic mass is 19.1. The number of hydrogen-bond acceptors (Lipinski definition) is 5. The average molecular weight is 348 g/mol. The molecule has 0 atom stereocenters. The van der Waals surface area contributed by atoms with E-state index >= 15 is 0 Å². The van der Waals surface area contributed by atoms with Gasteiger partial charge in [0.1, 0.15) is 5.73 Å². The molecular weight excluding hydrogens is 322 g/mol. The van der Waals surface area contributed by atoms with E-state index in [0.717, 1.165) is 36.6 Å². The molecule has 2 heterocycles. The summed E-state index contributed by atoms with van der Waals surface area (Å²) < 4.78 is 31.6. The van der Waals surface area contributed by atoms with Gasteiger partial charge in [-0.3, -0.25) is 0 Å². The largest absolute Gasteiger partial charge is 0.525 e. The molecule has 0 amide bonds. The summed E-state index contributed by atoms with van der Waals surface area (Å²) in [5.41, 5.74) is -0.480. The molecule has 0 aromatic carbocycles. The molecule has 3 aliphatic rings. The van der Waals surface area contributed by atoms with Crippen molar-refractivity contribution in [1.82, 2.24) is 10.1 Å². The predicted molar refractivity (Wildman–Crippen MR) is 91.5 cm³/mol. The van der Waals surface area contributed by atoms with Crippen LogP contribution in [0.15, 0.2) is 15.8 Å². The lowest BCUT2D eigenvalue weighted by atomic mass is 9.71. The van der Waals surface area contributed by atoms with Crippen LogP contribution in [-0.2, 0) is 15.7 Å². The second kappa shape index (κ2) is 5.91. The first-order valence-electron chi connectivity index (χ1n) is 9.31. The van der Waals surface area contributed by atoms with E-state index in [4.69, 9.17) is 13.8 Å². The highest BCUT2D eigenvalue weighted by Gasteiger charge is 2.54. The molecule has 0 radical (unpaired) electrons. The van der Waals surface area contributed by atoms with Gasteiger partial charge in [-0.2, -0.15) is 4.98 Å².